The molecule has 2 unspecified atom stereocenters. The number of hydrazone groups is 1. The highest BCUT2D eigenvalue weighted by Gasteiger charge is 2.42. The Labute approximate surface area is 199 Å². The Kier molecular flexibility index (Phi) is 5.93. The second kappa shape index (κ2) is 8.90. The van der Waals surface area contributed by atoms with Crippen LogP contribution in [0.5, 0.6) is 11.5 Å². The van der Waals surface area contributed by atoms with E-state index in [0.29, 0.717) is 25.5 Å². The van der Waals surface area contributed by atoms with E-state index in [2.05, 4.69) is 23.0 Å². The summed E-state index contributed by atoms with van der Waals surface area (Å²) in [6.07, 6.45) is 0.489. The Bertz CT molecular complexity index is 1080. The summed E-state index contributed by atoms with van der Waals surface area (Å²) in [5.74, 6) is 1.89. The second-order valence-corrected chi connectivity index (χ2v) is 9.35. The van der Waals surface area contributed by atoms with Crippen molar-refractivity contribution in [3.63, 3.8) is 0 Å². The van der Waals surface area contributed by atoms with Crippen LogP contribution >= 0.6 is 0 Å². The van der Waals surface area contributed by atoms with Gasteiger partial charge >= 0.3 is 0 Å². The Hall–Kier alpha value is -3.14. The average Bonchev–Trinajstić information content (AvgIpc) is 3.20. The molecule has 2 fully saturated rings. The molecule has 0 spiro atoms. The minimum absolute atomic E-state index is 0.235. The molecule has 9 heteroatoms. The normalized spacial score (nSPS) is 24.0. The van der Waals surface area contributed by atoms with Crippen molar-refractivity contribution in [2.45, 2.75) is 44.9 Å². The van der Waals surface area contributed by atoms with Crippen molar-refractivity contribution < 1.29 is 24.1 Å². The third kappa shape index (κ3) is 4.46. The maximum atomic E-state index is 11.7. The summed E-state index contributed by atoms with van der Waals surface area (Å²) in [5.41, 5.74) is 2.56. The summed E-state index contributed by atoms with van der Waals surface area (Å²) in [6, 6.07) is 13.4. The standard InChI is InChI=1S/C25H30N4O5/c1-17-12-21(9-6-19(17)13-27-15-25(2,31)16-27)33-22-10-11-28(22)29-23(14-30)34-24(26-29)18-4-7-20(32-3)8-5-18/h4-9,12,14,22-23,31H,10-11,13,15-16H2,1-3H3. The van der Waals surface area contributed by atoms with E-state index in [-0.39, 0.29) is 6.23 Å². The zero-order valence-electron chi connectivity index (χ0n) is 19.7. The fourth-order valence-corrected chi connectivity index (χ4v) is 4.53. The van der Waals surface area contributed by atoms with E-state index in [9.17, 15) is 9.90 Å². The van der Waals surface area contributed by atoms with E-state index in [4.69, 9.17) is 14.2 Å². The number of hydrogen-bond acceptors (Lipinski definition) is 9. The van der Waals surface area contributed by atoms with Crippen LogP contribution in [0.25, 0.3) is 0 Å². The number of aliphatic hydroxyl groups is 1. The number of benzene rings is 2. The third-order valence-corrected chi connectivity index (χ3v) is 6.42. The highest BCUT2D eigenvalue weighted by Crippen LogP contribution is 2.31. The number of aldehydes is 1. The molecule has 2 aromatic rings. The van der Waals surface area contributed by atoms with Crippen LogP contribution in [0.3, 0.4) is 0 Å². The number of carbonyl (C=O) groups excluding carboxylic acids is 1. The summed E-state index contributed by atoms with van der Waals surface area (Å²) < 4.78 is 17.2. The fraction of sp³-hybridized carbons (Fsp3) is 0.440. The minimum atomic E-state index is -0.832. The average molecular weight is 467 g/mol. The molecule has 3 heterocycles. The van der Waals surface area contributed by atoms with Gasteiger partial charge in [0.25, 0.3) is 6.23 Å². The van der Waals surface area contributed by atoms with Gasteiger partial charge in [-0.15, -0.1) is 5.10 Å². The van der Waals surface area contributed by atoms with E-state index < -0.39 is 11.8 Å². The molecule has 1 N–H and O–H groups in total. The highest BCUT2D eigenvalue weighted by molar-refractivity contribution is 5.95. The number of hydrogen-bond donors (Lipinski definition) is 1. The van der Waals surface area contributed by atoms with Gasteiger partial charge in [0.2, 0.25) is 5.90 Å². The van der Waals surface area contributed by atoms with Crippen LogP contribution in [-0.4, -0.2) is 77.1 Å². The number of rotatable bonds is 8. The van der Waals surface area contributed by atoms with Crippen LogP contribution in [-0.2, 0) is 16.1 Å². The third-order valence-electron chi connectivity index (χ3n) is 6.42. The molecule has 0 aromatic heterocycles. The van der Waals surface area contributed by atoms with Gasteiger partial charge in [0, 0.05) is 38.2 Å². The molecule has 3 aliphatic heterocycles. The van der Waals surface area contributed by atoms with Crippen molar-refractivity contribution >= 4 is 12.2 Å². The number of nitrogens with zero attached hydrogens (tertiary/aromatic N) is 4. The van der Waals surface area contributed by atoms with Gasteiger partial charge in [-0.2, -0.15) is 10.1 Å². The van der Waals surface area contributed by atoms with Crippen molar-refractivity contribution in [3.05, 3.63) is 59.2 Å². The van der Waals surface area contributed by atoms with Crippen molar-refractivity contribution in [3.8, 4) is 11.5 Å². The van der Waals surface area contributed by atoms with Gasteiger partial charge in [0.05, 0.1) is 12.7 Å². The van der Waals surface area contributed by atoms with Gasteiger partial charge in [0.1, 0.15) is 11.5 Å². The molecular formula is C25H30N4O5. The van der Waals surface area contributed by atoms with E-state index in [1.165, 1.54) is 5.56 Å². The lowest BCUT2D eigenvalue weighted by atomic mass is 9.95. The van der Waals surface area contributed by atoms with Crippen LogP contribution in [0, 0.1) is 6.92 Å². The zero-order chi connectivity index (χ0) is 23.9. The van der Waals surface area contributed by atoms with Crippen LogP contribution in [0.15, 0.2) is 47.6 Å². The molecule has 2 atom stereocenters. The molecule has 0 amide bonds. The van der Waals surface area contributed by atoms with E-state index in [1.807, 2.05) is 48.3 Å². The van der Waals surface area contributed by atoms with Gasteiger partial charge in [-0.3, -0.25) is 9.69 Å². The number of ether oxygens (including phenoxy) is 3. The summed E-state index contributed by atoms with van der Waals surface area (Å²) >= 11 is 0. The first-order valence-electron chi connectivity index (χ1n) is 11.5. The van der Waals surface area contributed by atoms with Gasteiger partial charge in [-0.25, -0.2) is 0 Å². The maximum Gasteiger partial charge on any atom is 0.260 e. The van der Waals surface area contributed by atoms with Crippen LogP contribution in [0.2, 0.25) is 0 Å². The highest BCUT2D eigenvalue weighted by atomic mass is 16.6. The molecule has 180 valence electrons. The van der Waals surface area contributed by atoms with Gasteiger partial charge < -0.3 is 19.3 Å². The molecule has 3 aliphatic rings. The quantitative estimate of drug-likeness (QED) is 0.592. The second-order valence-electron chi connectivity index (χ2n) is 9.35. The van der Waals surface area contributed by atoms with Crippen LogP contribution in [0.1, 0.15) is 30.0 Å². The Balaban J connectivity index is 1.24. The van der Waals surface area contributed by atoms with Crippen molar-refractivity contribution in [1.29, 1.82) is 0 Å². The molecule has 5 rings (SSSR count). The van der Waals surface area contributed by atoms with E-state index in [1.54, 1.807) is 12.2 Å². The number of carbonyl (C=O) groups is 1. The summed E-state index contributed by atoms with van der Waals surface area (Å²) in [6.45, 7) is 6.84. The molecule has 0 bridgehead atoms. The maximum absolute atomic E-state index is 11.7. The molecule has 2 saturated heterocycles. The molecule has 34 heavy (non-hydrogen) atoms. The van der Waals surface area contributed by atoms with Crippen LogP contribution < -0.4 is 9.47 Å². The topological polar surface area (TPSA) is 87.1 Å². The van der Waals surface area contributed by atoms with E-state index >= 15 is 0 Å². The molecular weight excluding hydrogens is 436 g/mol. The first kappa shape index (κ1) is 22.6. The number of aryl methyl sites for hydroxylation is 1. The minimum Gasteiger partial charge on any atom is -0.497 e. The largest absolute Gasteiger partial charge is 0.497 e. The van der Waals surface area contributed by atoms with Gasteiger partial charge in [0.15, 0.2) is 12.5 Å². The Morgan fingerprint density at radius 3 is 2.53 bits per heavy atom. The first-order chi connectivity index (χ1) is 16.3. The first-order valence-corrected chi connectivity index (χ1v) is 11.5. The lowest BCUT2D eigenvalue weighted by Crippen LogP contribution is -2.60. The summed E-state index contributed by atoms with van der Waals surface area (Å²) in [7, 11) is 1.61. The van der Waals surface area contributed by atoms with Crippen molar-refractivity contribution in [2.24, 2.45) is 5.10 Å². The summed E-state index contributed by atoms with van der Waals surface area (Å²) in [4.78, 5) is 13.9. The van der Waals surface area contributed by atoms with Gasteiger partial charge in [-0.05, 0) is 61.4 Å². The molecule has 0 radical (unpaired) electrons. The monoisotopic (exact) mass is 466 g/mol. The molecule has 0 saturated carbocycles. The number of likely N-dealkylation sites (tertiary alicyclic amines) is 1. The summed E-state index contributed by atoms with van der Waals surface area (Å²) in [5, 5.41) is 18.0. The predicted molar refractivity (Wildman–Crippen MR) is 125 cm³/mol. The van der Waals surface area contributed by atoms with Crippen LogP contribution in [0.4, 0.5) is 0 Å². The smallest absolute Gasteiger partial charge is 0.260 e. The Morgan fingerprint density at radius 2 is 1.94 bits per heavy atom. The van der Waals surface area contributed by atoms with Crippen molar-refractivity contribution in [2.75, 3.05) is 26.7 Å². The van der Waals surface area contributed by atoms with Crippen molar-refractivity contribution in [1.82, 2.24) is 15.0 Å². The van der Waals surface area contributed by atoms with Gasteiger partial charge in [-0.1, -0.05) is 6.07 Å². The molecule has 9 nitrogen and oxygen atoms in total. The number of hydrazine groups is 1. The van der Waals surface area contributed by atoms with E-state index in [0.717, 1.165) is 41.9 Å². The Morgan fingerprint density at radius 1 is 1.21 bits per heavy atom. The SMILES string of the molecule is COc1ccc(C2=NN(N3CCC3Oc3ccc(CN4CC(C)(O)C4)c(C)c3)C(C=O)O2)cc1. The predicted octanol–water partition coefficient (Wildman–Crippen LogP) is 2.11. The zero-order valence-corrected chi connectivity index (χ0v) is 19.7. The lowest BCUT2D eigenvalue weighted by molar-refractivity contribution is -0.218. The molecule has 0 aliphatic carbocycles. The number of β-amino-alcohol motifs (C(OH)–C–C–N with tert-alkyl or cyclic N) is 1. The number of methoxy groups -OCH3 is 1. The lowest BCUT2D eigenvalue weighted by Gasteiger charge is -2.44. The molecule has 2 aromatic carbocycles. The fourth-order valence-electron chi connectivity index (χ4n) is 4.53.